The van der Waals surface area contributed by atoms with Crippen molar-refractivity contribution in [2.24, 2.45) is 0 Å². The summed E-state index contributed by atoms with van der Waals surface area (Å²) in [4.78, 5) is 23.9. The van der Waals surface area contributed by atoms with Crippen molar-refractivity contribution in [3.8, 4) is 11.5 Å². The zero-order chi connectivity index (χ0) is 16.2. The third-order valence-corrected chi connectivity index (χ3v) is 3.76. The van der Waals surface area contributed by atoms with E-state index in [-0.39, 0.29) is 23.8 Å². The Bertz CT molecular complexity index is 804. The van der Waals surface area contributed by atoms with Gasteiger partial charge in [-0.05, 0) is 12.1 Å². The van der Waals surface area contributed by atoms with Gasteiger partial charge in [0.25, 0.3) is 0 Å². The maximum absolute atomic E-state index is 11.8. The Kier molecular flexibility index (Phi) is 5.83. The number of fused-ring (bicyclic) bond motifs is 1. The van der Waals surface area contributed by atoms with Gasteiger partial charge in [-0.2, -0.15) is 0 Å². The Morgan fingerprint density at radius 2 is 2.00 bits per heavy atom. The lowest BCUT2D eigenvalue weighted by Crippen LogP contribution is -2.37. The van der Waals surface area contributed by atoms with E-state index in [1.54, 1.807) is 29.8 Å². The molecule has 10 heteroatoms. The lowest BCUT2D eigenvalue weighted by molar-refractivity contribution is -0.120. The number of anilines is 1. The fourth-order valence-electron chi connectivity index (χ4n) is 2.03. The summed E-state index contributed by atoms with van der Waals surface area (Å²) in [5, 5.41) is 14.0. The Morgan fingerprint density at radius 3 is 2.71 bits per heavy atom. The highest BCUT2D eigenvalue weighted by atomic mass is 35.5. The number of amides is 3. The summed E-state index contributed by atoms with van der Waals surface area (Å²) in [6.45, 7) is 0.859. The SMILES string of the molecule is Cl.N=c1sccn1CC(=O)NC(=O)Nc1ccc2c(c1)OCCO2. The molecule has 0 bridgehead atoms. The van der Waals surface area contributed by atoms with Gasteiger partial charge >= 0.3 is 6.03 Å². The molecule has 0 spiro atoms. The second-order valence-electron chi connectivity index (χ2n) is 4.70. The highest BCUT2D eigenvalue weighted by Crippen LogP contribution is 2.32. The number of nitrogens with one attached hydrogen (secondary N) is 3. The Morgan fingerprint density at radius 1 is 1.25 bits per heavy atom. The van der Waals surface area contributed by atoms with Crippen LogP contribution in [-0.2, 0) is 11.3 Å². The van der Waals surface area contributed by atoms with Crippen molar-refractivity contribution in [2.75, 3.05) is 18.5 Å². The highest BCUT2D eigenvalue weighted by Gasteiger charge is 2.14. The number of rotatable bonds is 3. The molecule has 0 fully saturated rings. The molecule has 3 amide bonds. The van der Waals surface area contributed by atoms with E-state index in [0.717, 1.165) is 0 Å². The van der Waals surface area contributed by atoms with Crippen molar-refractivity contribution in [1.82, 2.24) is 9.88 Å². The normalized spacial score (nSPS) is 12.0. The molecule has 1 aliphatic rings. The minimum Gasteiger partial charge on any atom is -0.486 e. The monoisotopic (exact) mass is 370 g/mol. The maximum atomic E-state index is 11.8. The van der Waals surface area contributed by atoms with Crippen LogP contribution >= 0.6 is 23.7 Å². The quantitative estimate of drug-likeness (QED) is 0.762. The topological polar surface area (TPSA) is 105 Å². The number of nitrogens with zero attached hydrogens (tertiary/aromatic N) is 1. The van der Waals surface area contributed by atoms with Gasteiger partial charge in [-0.15, -0.1) is 23.7 Å². The molecule has 0 atom stereocenters. The van der Waals surface area contributed by atoms with Crippen LogP contribution in [-0.4, -0.2) is 29.7 Å². The first-order valence-electron chi connectivity index (χ1n) is 6.81. The number of carbonyl (C=O) groups excluding carboxylic acids is 2. The third-order valence-electron chi connectivity index (χ3n) is 3.05. The maximum Gasteiger partial charge on any atom is 0.325 e. The Hall–Kier alpha value is -2.52. The first-order chi connectivity index (χ1) is 11.1. The van der Waals surface area contributed by atoms with Gasteiger partial charge in [-0.25, -0.2) is 4.79 Å². The molecule has 0 saturated carbocycles. The van der Waals surface area contributed by atoms with Crippen LogP contribution in [0.2, 0.25) is 0 Å². The molecule has 2 aromatic rings. The second kappa shape index (κ2) is 7.84. The first-order valence-corrected chi connectivity index (χ1v) is 7.69. The number of hydrogen-bond acceptors (Lipinski definition) is 6. The fraction of sp³-hybridized carbons (Fsp3) is 0.214. The van der Waals surface area contributed by atoms with E-state index in [4.69, 9.17) is 14.9 Å². The van der Waals surface area contributed by atoms with E-state index in [9.17, 15) is 9.59 Å². The molecule has 0 radical (unpaired) electrons. The van der Waals surface area contributed by atoms with Crippen LogP contribution in [0.4, 0.5) is 10.5 Å². The number of hydrogen-bond donors (Lipinski definition) is 3. The zero-order valence-electron chi connectivity index (χ0n) is 12.4. The van der Waals surface area contributed by atoms with Crippen molar-refractivity contribution >= 4 is 41.4 Å². The number of thiazole rings is 1. The molecule has 0 saturated heterocycles. The molecule has 1 aliphatic heterocycles. The van der Waals surface area contributed by atoms with Crippen molar-refractivity contribution < 1.29 is 19.1 Å². The molecule has 0 aliphatic carbocycles. The van der Waals surface area contributed by atoms with E-state index in [1.807, 2.05) is 0 Å². The zero-order valence-corrected chi connectivity index (χ0v) is 14.0. The van der Waals surface area contributed by atoms with Gasteiger partial charge < -0.3 is 19.4 Å². The van der Waals surface area contributed by atoms with Gasteiger partial charge in [0, 0.05) is 23.3 Å². The van der Waals surface area contributed by atoms with Crippen molar-refractivity contribution in [2.45, 2.75) is 6.54 Å². The number of urea groups is 1. The van der Waals surface area contributed by atoms with Crippen molar-refractivity contribution in [3.63, 3.8) is 0 Å². The van der Waals surface area contributed by atoms with Crippen LogP contribution < -0.4 is 24.9 Å². The minimum atomic E-state index is -0.644. The smallest absolute Gasteiger partial charge is 0.325 e. The second-order valence-corrected chi connectivity index (χ2v) is 5.59. The van der Waals surface area contributed by atoms with Crippen molar-refractivity contribution in [1.29, 1.82) is 5.41 Å². The van der Waals surface area contributed by atoms with Crippen LogP contribution in [0.25, 0.3) is 0 Å². The number of carbonyl (C=O) groups is 2. The van der Waals surface area contributed by atoms with E-state index in [1.165, 1.54) is 15.9 Å². The van der Waals surface area contributed by atoms with Crippen LogP contribution in [0, 0.1) is 5.41 Å². The van der Waals surface area contributed by atoms with E-state index >= 15 is 0 Å². The minimum absolute atomic E-state index is 0. The summed E-state index contributed by atoms with van der Waals surface area (Å²) in [7, 11) is 0. The van der Waals surface area contributed by atoms with E-state index in [2.05, 4.69) is 10.6 Å². The summed E-state index contributed by atoms with van der Waals surface area (Å²) in [5.74, 6) is 0.667. The van der Waals surface area contributed by atoms with Gasteiger partial charge in [-0.1, -0.05) is 0 Å². The number of aromatic nitrogens is 1. The number of benzene rings is 1. The summed E-state index contributed by atoms with van der Waals surface area (Å²) < 4.78 is 12.3. The van der Waals surface area contributed by atoms with Crippen LogP contribution in [0.5, 0.6) is 11.5 Å². The molecular formula is C14H15ClN4O4S. The first kappa shape index (κ1) is 17.8. The van der Waals surface area contributed by atoms with Gasteiger partial charge in [0.2, 0.25) is 5.91 Å². The van der Waals surface area contributed by atoms with Gasteiger partial charge in [-0.3, -0.25) is 15.5 Å². The highest BCUT2D eigenvalue weighted by molar-refractivity contribution is 7.06. The number of ether oxygens (including phenoxy) is 2. The average molecular weight is 371 g/mol. The lowest BCUT2D eigenvalue weighted by atomic mass is 10.2. The van der Waals surface area contributed by atoms with E-state index in [0.29, 0.717) is 30.4 Å². The summed E-state index contributed by atoms with van der Waals surface area (Å²) >= 11 is 1.20. The Labute approximate surface area is 147 Å². The Balaban J connectivity index is 0.00000208. The number of halogens is 1. The fourth-order valence-corrected chi connectivity index (χ4v) is 2.63. The largest absolute Gasteiger partial charge is 0.486 e. The standard InChI is InChI=1S/C14H14N4O4S.ClH/c15-13-18(3-6-23-13)8-12(19)17-14(20)16-9-1-2-10-11(7-9)22-5-4-21-10;/h1-3,6-7,15H,4-5,8H2,(H2,16,17,19,20);1H. The van der Waals surface area contributed by atoms with Gasteiger partial charge in [0.05, 0.1) is 0 Å². The summed E-state index contributed by atoms with van der Waals surface area (Å²) in [6, 6.07) is 4.34. The van der Waals surface area contributed by atoms with Crippen molar-refractivity contribution in [3.05, 3.63) is 34.6 Å². The third kappa shape index (κ3) is 4.27. The molecule has 0 unspecified atom stereocenters. The molecule has 8 nitrogen and oxygen atoms in total. The lowest BCUT2D eigenvalue weighted by Gasteiger charge is -2.19. The number of imide groups is 1. The molecule has 24 heavy (non-hydrogen) atoms. The molecule has 128 valence electrons. The molecule has 3 N–H and O–H groups in total. The van der Waals surface area contributed by atoms with Crippen LogP contribution in [0.1, 0.15) is 0 Å². The molecule has 2 heterocycles. The summed E-state index contributed by atoms with van der Waals surface area (Å²) in [6.07, 6.45) is 1.62. The van der Waals surface area contributed by atoms with Crippen LogP contribution in [0.3, 0.4) is 0 Å². The van der Waals surface area contributed by atoms with Gasteiger partial charge in [0.1, 0.15) is 19.8 Å². The predicted molar refractivity (Wildman–Crippen MR) is 90.0 cm³/mol. The molecule has 1 aromatic carbocycles. The molecule has 1 aromatic heterocycles. The van der Waals surface area contributed by atoms with Crippen LogP contribution in [0.15, 0.2) is 29.8 Å². The van der Waals surface area contributed by atoms with E-state index < -0.39 is 11.9 Å². The van der Waals surface area contributed by atoms with Gasteiger partial charge in [0.15, 0.2) is 16.3 Å². The molecule has 3 rings (SSSR count). The predicted octanol–water partition coefficient (Wildman–Crippen LogP) is 1.57. The average Bonchev–Trinajstić information content (AvgIpc) is 2.92. The summed E-state index contributed by atoms with van der Waals surface area (Å²) in [5.41, 5.74) is 0.490. The molecular weight excluding hydrogens is 356 g/mol.